The van der Waals surface area contributed by atoms with Crippen molar-refractivity contribution < 1.29 is 0 Å². The van der Waals surface area contributed by atoms with Gasteiger partial charge >= 0.3 is 5.69 Å². The lowest BCUT2D eigenvalue weighted by molar-refractivity contribution is 0.489. The monoisotopic (exact) mass is 433 g/mol. The van der Waals surface area contributed by atoms with Crippen LogP contribution in [0.25, 0.3) is 16.9 Å². The lowest BCUT2D eigenvalue weighted by Gasteiger charge is -2.14. The molecule has 0 aliphatic heterocycles. The number of halogens is 1. The molecular formula is C23H20ClN5O2. The summed E-state index contributed by atoms with van der Waals surface area (Å²) in [5.41, 5.74) is 1.51. The molecular weight excluding hydrogens is 414 g/mol. The van der Waals surface area contributed by atoms with Crippen LogP contribution in [-0.2, 0) is 13.1 Å². The zero-order chi connectivity index (χ0) is 22.1. The Kier molecular flexibility index (Phi) is 5.49. The zero-order valence-electron chi connectivity index (χ0n) is 17.1. The molecule has 0 amide bonds. The van der Waals surface area contributed by atoms with E-state index in [1.807, 2.05) is 26.0 Å². The number of benzene rings is 2. The Balaban J connectivity index is 2.02. The first-order valence-electron chi connectivity index (χ1n) is 9.85. The summed E-state index contributed by atoms with van der Waals surface area (Å²) in [7, 11) is 0. The van der Waals surface area contributed by atoms with Gasteiger partial charge in [-0.2, -0.15) is 5.26 Å². The van der Waals surface area contributed by atoms with Crippen molar-refractivity contribution in [1.29, 1.82) is 5.26 Å². The Morgan fingerprint density at radius 2 is 1.90 bits per heavy atom. The second kappa shape index (κ2) is 8.25. The van der Waals surface area contributed by atoms with Gasteiger partial charge in [0.05, 0.1) is 30.2 Å². The molecule has 0 radical (unpaired) electrons. The van der Waals surface area contributed by atoms with Crippen molar-refractivity contribution >= 4 is 22.8 Å². The van der Waals surface area contributed by atoms with Gasteiger partial charge in [-0.15, -0.1) is 0 Å². The highest BCUT2D eigenvalue weighted by Crippen LogP contribution is 2.19. The van der Waals surface area contributed by atoms with Crippen molar-refractivity contribution in [2.75, 3.05) is 0 Å². The van der Waals surface area contributed by atoms with Crippen molar-refractivity contribution in [3.8, 4) is 11.8 Å². The van der Waals surface area contributed by atoms with Crippen LogP contribution in [0.5, 0.6) is 0 Å². The third-order valence-electron chi connectivity index (χ3n) is 4.99. The maximum atomic E-state index is 13.4. The molecule has 0 aliphatic rings. The first kappa shape index (κ1) is 20.6. The number of rotatable bonds is 5. The van der Waals surface area contributed by atoms with E-state index in [0.717, 1.165) is 5.56 Å². The fraction of sp³-hybridized carbons (Fsp3) is 0.217. The summed E-state index contributed by atoms with van der Waals surface area (Å²) >= 11 is 6.16. The SMILES string of the molecule is CC(C)Cn1c(=O)c2c(ncn2Cc2ccccc2C#N)n(-c2cccc(Cl)c2)c1=O. The number of hydrogen-bond donors (Lipinski definition) is 0. The summed E-state index contributed by atoms with van der Waals surface area (Å²) in [6.45, 7) is 4.44. The summed E-state index contributed by atoms with van der Waals surface area (Å²) in [5, 5.41) is 9.89. The first-order valence-corrected chi connectivity index (χ1v) is 10.2. The molecule has 31 heavy (non-hydrogen) atoms. The molecule has 4 aromatic rings. The molecule has 8 heteroatoms. The lowest BCUT2D eigenvalue weighted by Crippen LogP contribution is -2.41. The van der Waals surface area contributed by atoms with Crippen LogP contribution in [0.3, 0.4) is 0 Å². The zero-order valence-corrected chi connectivity index (χ0v) is 17.9. The minimum Gasteiger partial charge on any atom is -0.320 e. The maximum Gasteiger partial charge on any atom is 0.337 e. The van der Waals surface area contributed by atoms with Gasteiger partial charge in [-0.3, -0.25) is 9.36 Å². The van der Waals surface area contributed by atoms with Gasteiger partial charge in [0.1, 0.15) is 0 Å². The average Bonchev–Trinajstić information content (AvgIpc) is 3.15. The number of aromatic nitrogens is 4. The number of fused-ring (bicyclic) bond motifs is 1. The van der Waals surface area contributed by atoms with E-state index in [9.17, 15) is 14.9 Å². The van der Waals surface area contributed by atoms with Gasteiger partial charge in [-0.05, 0) is 35.7 Å². The molecule has 0 saturated carbocycles. The van der Waals surface area contributed by atoms with Crippen LogP contribution in [0.2, 0.25) is 5.02 Å². The minimum absolute atomic E-state index is 0.0892. The van der Waals surface area contributed by atoms with Gasteiger partial charge < -0.3 is 4.57 Å². The van der Waals surface area contributed by atoms with Crippen LogP contribution >= 0.6 is 11.6 Å². The van der Waals surface area contributed by atoms with Crippen LogP contribution < -0.4 is 11.2 Å². The van der Waals surface area contributed by atoms with Crippen LogP contribution in [0, 0.1) is 17.2 Å². The summed E-state index contributed by atoms with van der Waals surface area (Å²) in [6.07, 6.45) is 1.53. The van der Waals surface area contributed by atoms with Crippen LogP contribution in [-0.4, -0.2) is 18.7 Å². The molecule has 0 aliphatic carbocycles. The Morgan fingerprint density at radius 3 is 2.61 bits per heavy atom. The minimum atomic E-state index is -0.462. The maximum absolute atomic E-state index is 13.4. The Hall–Kier alpha value is -3.63. The highest BCUT2D eigenvalue weighted by molar-refractivity contribution is 6.30. The molecule has 0 spiro atoms. The van der Waals surface area contributed by atoms with Crippen molar-refractivity contribution in [2.24, 2.45) is 5.92 Å². The van der Waals surface area contributed by atoms with Gasteiger partial charge in [-0.25, -0.2) is 14.3 Å². The van der Waals surface area contributed by atoms with E-state index >= 15 is 0 Å². The first-order chi connectivity index (χ1) is 14.9. The average molecular weight is 434 g/mol. The van der Waals surface area contributed by atoms with E-state index < -0.39 is 11.2 Å². The highest BCUT2D eigenvalue weighted by atomic mass is 35.5. The molecule has 0 atom stereocenters. The van der Waals surface area contributed by atoms with Gasteiger partial charge in [0.2, 0.25) is 0 Å². The van der Waals surface area contributed by atoms with Gasteiger partial charge in [-0.1, -0.05) is 49.7 Å². The summed E-state index contributed by atoms with van der Waals surface area (Å²) < 4.78 is 4.34. The van der Waals surface area contributed by atoms with Crippen molar-refractivity contribution in [1.82, 2.24) is 18.7 Å². The van der Waals surface area contributed by atoms with Crippen molar-refractivity contribution in [2.45, 2.75) is 26.9 Å². The molecule has 4 rings (SSSR count). The number of hydrogen-bond acceptors (Lipinski definition) is 4. The van der Waals surface area contributed by atoms with Crippen LogP contribution in [0.1, 0.15) is 25.0 Å². The van der Waals surface area contributed by atoms with Crippen molar-refractivity contribution in [3.05, 3.63) is 91.8 Å². The standard InChI is InChI=1S/C23H20ClN5O2/c1-15(2)12-28-22(30)20-21(29(23(28)31)19-9-5-8-18(24)10-19)26-14-27(20)13-17-7-4-3-6-16(17)11-25/h3-10,14-15H,12-13H2,1-2H3. The Bertz CT molecular complexity index is 1440. The predicted molar refractivity (Wildman–Crippen MR) is 120 cm³/mol. The number of nitrogens with zero attached hydrogens (tertiary/aromatic N) is 5. The summed E-state index contributed by atoms with van der Waals surface area (Å²) in [6, 6.07) is 16.2. The molecule has 7 nitrogen and oxygen atoms in total. The van der Waals surface area contributed by atoms with Crippen LogP contribution in [0.4, 0.5) is 0 Å². The second-order valence-corrected chi connectivity index (χ2v) is 8.16. The fourth-order valence-corrected chi connectivity index (χ4v) is 3.81. The topological polar surface area (TPSA) is 85.6 Å². The van der Waals surface area contributed by atoms with E-state index in [0.29, 0.717) is 21.8 Å². The number of nitriles is 1. The number of imidazole rings is 1. The highest BCUT2D eigenvalue weighted by Gasteiger charge is 2.20. The fourth-order valence-electron chi connectivity index (χ4n) is 3.62. The van der Waals surface area contributed by atoms with Gasteiger partial charge in [0.25, 0.3) is 5.56 Å². The lowest BCUT2D eigenvalue weighted by atomic mass is 10.1. The summed E-state index contributed by atoms with van der Waals surface area (Å²) in [5.74, 6) is 0.0892. The quantitative estimate of drug-likeness (QED) is 0.481. The third-order valence-corrected chi connectivity index (χ3v) is 5.23. The summed E-state index contributed by atoms with van der Waals surface area (Å²) in [4.78, 5) is 31.1. The van der Waals surface area contributed by atoms with Gasteiger partial charge in [0.15, 0.2) is 11.2 Å². The van der Waals surface area contributed by atoms with E-state index in [-0.39, 0.29) is 24.7 Å². The predicted octanol–water partition coefficient (Wildman–Crippen LogP) is 3.58. The third kappa shape index (κ3) is 3.78. The van der Waals surface area contributed by atoms with E-state index in [1.165, 1.54) is 15.5 Å². The Morgan fingerprint density at radius 1 is 1.13 bits per heavy atom. The van der Waals surface area contributed by atoms with E-state index in [1.54, 1.807) is 41.0 Å². The largest absolute Gasteiger partial charge is 0.337 e. The molecule has 0 fully saturated rings. The molecule has 2 aromatic carbocycles. The van der Waals surface area contributed by atoms with Gasteiger partial charge in [0, 0.05) is 11.6 Å². The van der Waals surface area contributed by atoms with E-state index in [4.69, 9.17) is 11.6 Å². The second-order valence-electron chi connectivity index (χ2n) is 7.72. The Labute approximate surface area is 183 Å². The normalized spacial score (nSPS) is 11.2. The van der Waals surface area contributed by atoms with Crippen LogP contribution in [0.15, 0.2) is 64.4 Å². The van der Waals surface area contributed by atoms with Crippen molar-refractivity contribution in [3.63, 3.8) is 0 Å². The smallest absolute Gasteiger partial charge is 0.320 e. The molecule has 0 bridgehead atoms. The molecule has 0 N–H and O–H groups in total. The molecule has 0 unspecified atom stereocenters. The van der Waals surface area contributed by atoms with E-state index in [2.05, 4.69) is 11.1 Å². The molecule has 156 valence electrons. The molecule has 2 aromatic heterocycles. The molecule has 2 heterocycles. The molecule has 0 saturated heterocycles.